The second kappa shape index (κ2) is 6.62. The maximum atomic E-state index is 12.6. The molecule has 0 saturated heterocycles. The van der Waals surface area contributed by atoms with Crippen molar-refractivity contribution in [1.29, 1.82) is 0 Å². The second-order valence-electron chi connectivity index (χ2n) is 8.42. The minimum Gasteiger partial charge on any atom is -0.349 e. The van der Waals surface area contributed by atoms with Gasteiger partial charge in [0.2, 0.25) is 0 Å². The first-order valence-corrected chi connectivity index (χ1v) is 10.5. The van der Waals surface area contributed by atoms with Crippen molar-refractivity contribution in [2.75, 3.05) is 0 Å². The molecule has 0 spiro atoms. The first-order valence-electron chi connectivity index (χ1n) is 10.1. The van der Waals surface area contributed by atoms with Crippen molar-refractivity contribution in [3.63, 3.8) is 0 Å². The zero-order valence-corrected chi connectivity index (χ0v) is 16.3. The predicted octanol–water partition coefficient (Wildman–Crippen LogP) is 4.21. The van der Waals surface area contributed by atoms with E-state index in [2.05, 4.69) is 33.4 Å². The zero-order chi connectivity index (χ0) is 18.5. The monoisotopic (exact) mass is 384 g/mol. The SMILES string of the molecule is CCC(NC(=O)c1ccc(Cl)cc1)C1C2CC(n3cc(C4CC4)nn3)C[C@@H]21. The van der Waals surface area contributed by atoms with Crippen LogP contribution in [-0.4, -0.2) is 26.9 Å². The molecule has 0 aliphatic heterocycles. The fourth-order valence-corrected chi connectivity index (χ4v) is 5.16. The lowest BCUT2D eigenvalue weighted by Crippen LogP contribution is -2.37. The quantitative estimate of drug-likeness (QED) is 0.811. The Morgan fingerprint density at radius 3 is 2.59 bits per heavy atom. The van der Waals surface area contributed by atoms with E-state index in [1.165, 1.54) is 18.5 Å². The summed E-state index contributed by atoms with van der Waals surface area (Å²) in [5.41, 5.74) is 1.85. The third kappa shape index (κ3) is 3.27. The van der Waals surface area contributed by atoms with Crippen LogP contribution in [0.4, 0.5) is 0 Å². The number of halogens is 1. The number of benzene rings is 1. The summed E-state index contributed by atoms with van der Waals surface area (Å²) in [7, 11) is 0. The Labute approximate surface area is 164 Å². The van der Waals surface area contributed by atoms with Crippen LogP contribution in [0.2, 0.25) is 5.02 Å². The summed E-state index contributed by atoms with van der Waals surface area (Å²) in [6.45, 7) is 2.16. The number of nitrogens with zero attached hydrogens (tertiary/aromatic N) is 3. The second-order valence-corrected chi connectivity index (χ2v) is 8.86. The topological polar surface area (TPSA) is 59.8 Å². The van der Waals surface area contributed by atoms with Crippen molar-refractivity contribution < 1.29 is 4.79 Å². The summed E-state index contributed by atoms with van der Waals surface area (Å²) in [6.07, 6.45) is 8.00. The van der Waals surface area contributed by atoms with Gasteiger partial charge in [0.25, 0.3) is 5.91 Å². The standard InChI is InChI=1S/C21H25ClN4O/c1-2-18(23-21(27)13-5-7-14(22)8-6-13)20-16-9-15(10-17(16)20)26-11-19(24-25-26)12-3-4-12/h5-8,11-12,15-18,20H,2-4,9-10H2,1H3,(H,23,27)/t15?,16-,17?,18?,20?/m0/s1. The number of rotatable bonds is 6. The largest absolute Gasteiger partial charge is 0.349 e. The van der Waals surface area contributed by atoms with E-state index >= 15 is 0 Å². The highest BCUT2D eigenvalue weighted by Gasteiger charge is 2.59. The maximum absolute atomic E-state index is 12.6. The third-order valence-corrected chi connectivity index (χ3v) is 6.96. The zero-order valence-electron chi connectivity index (χ0n) is 15.5. The molecule has 3 aliphatic rings. The van der Waals surface area contributed by atoms with Gasteiger partial charge in [0.15, 0.2) is 0 Å². The number of hydrogen-bond donors (Lipinski definition) is 1. The van der Waals surface area contributed by atoms with Gasteiger partial charge in [-0.1, -0.05) is 23.7 Å². The maximum Gasteiger partial charge on any atom is 0.251 e. The van der Waals surface area contributed by atoms with Crippen LogP contribution in [0.25, 0.3) is 0 Å². The van der Waals surface area contributed by atoms with Crippen LogP contribution < -0.4 is 5.32 Å². The molecule has 3 fully saturated rings. The molecular formula is C21H25ClN4O. The molecule has 1 aromatic carbocycles. The lowest BCUT2D eigenvalue weighted by Gasteiger charge is -2.21. The number of amides is 1. The van der Waals surface area contributed by atoms with Gasteiger partial charge in [-0.3, -0.25) is 4.79 Å². The number of aromatic nitrogens is 3. The van der Waals surface area contributed by atoms with Crippen molar-refractivity contribution in [2.24, 2.45) is 17.8 Å². The van der Waals surface area contributed by atoms with Crippen LogP contribution in [-0.2, 0) is 0 Å². The molecule has 3 aliphatic carbocycles. The van der Waals surface area contributed by atoms with E-state index in [0.29, 0.717) is 40.3 Å². The molecule has 5 rings (SSSR count). The lowest BCUT2D eigenvalue weighted by atomic mass is 9.99. The van der Waals surface area contributed by atoms with Crippen LogP contribution in [0.5, 0.6) is 0 Å². The molecule has 1 N–H and O–H groups in total. The van der Waals surface area contributed by atoms with Gasteiger partial charge in [-0.25, -0.2) is 4.68 Å². The molecule has 5 nitrogen and oxygen atoms in total. The average molecular weight is 385 g/mol. The highest BCUT2D eigenvalue weighted by molar-refractivity contribution is 6.30. The van der Waals surface area contributed by atoms with Crippen LogP contribution in [0, 0.1) is 17.8 Å². The van der Waals surface area contributed by atoms with Gasteiger partial charge in [-0.15, -0.1) is 5.10 Å². The van der Waals surface area contributed by atoms with E-state index in [1.807, 2.05) is 0 Å². The van der Waals surface area contributed by atoms with E-state index in [-0.39, 0.29) is 11.9 Å². The molecule has 3 saturated carbocycles. The lowest BCUT2D eigenvalue weighted by molar-refractivity contribution is 0.0926. The minimum atomic E-state index is 0.00499. The number of hydrogen-bond acceptors (Lipinski definition) is 3. The Kier molecular flexibility index (Phi) is 4.23. The number of carbonyl (C=O) groups excluding carboxylic acids is 1. The van der Waals surface area contributed by atoms with Gasteiger partial charge in [0.1, 0.15) is 0 Å². The molecule has 1 amide bonds. The van der Waals surface area contributed by atoms with Gasteiger partial charge in [0, 0.05) is 28.7 Å². The molecule has 1 aromatic heterocycles. The molecule has 0 radical (unpaired) electrons. The van der Waals surface area contributed by atoms with E-state index in [9.17, 15) is 4.79 Å². The summed E-state index contributed by atoms with van der Waals surface area (Å²) >= 11 is 5.92. The Morgan fingerprint density at radius 2 is 1.96 bits per heavy atom. The minimum absolute atomic E-state index is 0.00499. The summed E-state index contributed by atoms with van der Waals surface area (Å²) < 4.78 is 2.10. The Balaban J connectivity index is 1.19. The normalized spacial score (nSPS) is 30.0. The molecule has 1 heterocycles. The Morgan fingerprint density at radius 1 is 1.26 bits per heavy atom. The van der Waals surface area contributed by atoms with Crippen LogP contribution in [0.3, 0.4) is 0 Å². The van der Waals surface area contributed by atoms with Gasteiger partial charge in [0.05, 0.1) is 11.7 Å². The Hall–Kier alpha value is -1.88. The summed E-state index contributed by atoms with van der Waals surface area (Å²) in [4.78, 5) is 12.6. The molecule has 0 bridgehead atoms. The van der Waals surface area contributed by atoms with Crippen molar-refractivity contribution in [1.82, 2.24) is 20.3 Å². The average Bonchev–Trinajstić information content (AvgIpc) is 3.53. The summed E-state index contributed by atoms with van der Waals surface area (Å²) in [5, 5.41) is 12.7. The van der Waals surface area contributed by atoms with Crippen molar-refractivity contribution in [3.8, 4) is 0 Å². The number of fused-ring (bicyclic) bond motifs is 1. The van der Waals surface area contributed by atoms with Gasteiger partial charge in [-0.05, 0) is 74.1 Å². The fourth-order valence-electron chi connectivity index (χ4n) is 5.03. The predicted molar refractivity (Wildman–Crippen MR) is 104 cm³/mol. The van der Waals surface area contributed by atoms with E-state index in [4.69, 9.17) is 11.6 Å². The molecule has 4 unspecified atom stereocenters. The number of nitrogens with one attached hydrogen (secondary N) is 1. The molecule has 2 aromatic rings. The van der Waals surface area contributed by atoms with Gasteiger partial charge in [-0.2, -0.15) is 0 Å². The van der Waals surface area contributed by atoms with Crippen molar-refractivity contribution in [3.05, 3.63) is 46.7 Å². The highest BCUT2D eigenvalue weighted by atomic mass is 35.5. The first kappa shape index (κ1) is 17.2. The van der Waals surface area contributed by atoms with Gasteiger partial charge >= 0.3 is 0 Å². The van der Waals surface area contributed by atoms with Crippen molar-refractivity contribution >= 4 is 17.5 Å². The van der Waals surface area contributed by atoms with Crippen LogP contribution in [0.1, 0.15) is 67.0 Å². The summed E-state index contributed by atoms with van der Waals surface area (Å²) in [5.74, 6) is 2.69. The van der Waals surface area contributed by atoms with Crippen LogP contribution in [0.15, 0.2) is 30.5 Å². The Bertz CT molecular complexity index is 832. The molecule has 142 valence electrons. The van der Waals surface area contributed by atoms with E-state index in [1.54, 1.807) is 24.3 Å². The third-order valence-electron chi connectivity index (χ3n) is 6.71. The first-order chi connectivity index (χ1) is 13.1. The molecule has 5 atom stereocenters. The summed E-state index contributed by atoms with van der Waals surface area (Å²) in [6, 6.07) is 7.85. The highest BCUT2D eigenvalue weighted by Crippen LogP contribution is 2.62. The molecule has 6 heteroatoms. The fraction of sp³-hybridized carbons (Fsp3) is 0.571. The van der Waals surface area contributed by atoms with Crippen LogP contribution >= 0.6 is 11.6 Å². The van der Waals surface area contributed by atoms with E-state index in [0.717, 1.165) is 19.3 Å². The smallest absolute Gasteiger partial charge is 0.251 e. The molecule has 27 heavy (non-hydrogen) atoms. The van der Waals surface area contributed by atoms with Crippen molar-refractivity contribution in [2.45, 2.75) is 57.0 Å². The number of carbonyl (C=O) groups is 1. The van der Waals surface area contributed by atoms with E-state index < -0.39 is 0 Å². The van der Waals surface area contributed by atoms with Gasteiger partial charge < -0.3 is 5.32 Å². The molecular weight excluding hydrogens is 360 g/mol.